The fourth-order valence-corrected chi connectivity index (χ4v) is 1.69. The van der Waals surface area contributed by atoms with Crippen molar-refractivity contribution in [1.82, 2.24) is 4.98 Å². The van der Waals surface area contributed by atoms with E-state index in [0.29, 0.717) is 5.76 Å². The Bertz CT molecular complexity index is 665. The van der Waals surface area contributed by atoms with Crippen LogP contribution in [0.3, 0.4) is 0 Å². The highest BCUT2D eigenvalue weighted by molar-refractivity contribution is 5.88. The Labute approximate surface area is 113 Å². The molecule has 0 aliphatic carbocycles. The molecule has 0 atom stereocenters. The monoisotopic (exact) mass is 277 g/mol. The van der Waals surface area contributed by atoms with Gasteiger partial charge >= 0.3 is 11.7 Å². The van der Waals surface area contributed by atoms with Gasteiger partial charge in [0.15, 0.2) is 0 Å². The van der Waals surface area contributed by atoms with Gasteiger partial charge in [-0.15, -0.1) is 0 Å². The van der Waals surface area contributed by atoms with E-state index in [1.54, 1.807) is 0 Å². The molecule has 0 saturated heterocycles. The van der Waals surface area contributed by atoms with Crippen LogP contribution < -0.4 is 5.32 Å². The number of anilines is 1. The number of rotatable bonds is 5. The van der Waals surface area contributed by atoms with Crippen molar-refractivity contribution in [3.05, 3.63) is 51.6 Å². The first-order valence-corrected chi connectivity index (χ1v) is 5.65. The predicted octanol–water partition coefficient (Wildman–Crippen LogP) is 2.20. The van der Waals surface area contributed by atoms with Gasteiger partial charge < -0.3 is 14.8 Å². The third kappa shape index (κ3) is 2.74. The Kier molecular flexibility index (Phi) is 3.65. The van der Waals surface area contributed by atoms with Crippen LogP contribution in [-0.4, -0.2) is 21.0 Å². The Morgan fingerprint density at radius 3 is 2.95 bits per heavy atom. The molecule has 0 spiro atoms. The van der Waals surface area contributed by atoms with Gasteiger partial charge in [0.1, 0.15) is 17.1 Å². The van der Waals surface area contributed by atoms with Gasteiger partial charge in [0.2, 0.25) is 5.82 Å². The van der Waals surface area contributed by atoms with Crippen LogP contribution in [-0.2, 0) is 6.54 Å². The summed E-state index contributed by atoms with van der Waals surface area (Å²) in [4.78, 5) is 25.0. The minimum atomic E-state index is -1.08. The SMILES string of the molecule is Cc1oc(CNc2ncccc2[N+](=O)[O-])cc1C(=O)O. The molecule has 8 nitrogen and oxygen atoms in total. The third-order valence-corrected chi connectivity index (χ3v) is 2.61. The second kappa shape index (κ2) is 5.39. The van der Waals surface area contributed by atoms with E-state index in [1.165, 1.54) is 31.3 Å². The fourth-order valence-electron chi connectivity index (χ4n) is 1.69. The standard InChI is InChI=1S/C12H11N3O5/c1-7-9(12(16)17)5-8(20-7)6-14-11-10(15(18)19)3-2-4-13-11/h2-5H,6H2,1H3,(H,13,14)(H,16,17). The van der Waals surface area contributed by atoms with Crippen molar-refractivity contribution in [3.8, 4) is 0 Å². The molecule has 0 aliphatic rings. The van der Waals surface area contributed by atoms with Crippen molar-refractivity contribution < 1.29 is 19.2 Å². The number of carbonyl (C=O) groups is 1. The summed E-state index contributed by atoms with van der Waals surface area (Å²) in [6, 6.07) is 4.16. The zero-order chi connectivity index (χ0) is 14.7. The van der Waals surface area contributed by atoms with E-state index in [9.17, 15) is 14.9 Å². The number of pyridine rings is 1. The van der Waals surface area contributed by atoms with Gasteiger partial charge in [0.25, 0.3) is 0 Å². The topological polar surface area (TPSA) is 119 Å². The molecular weight excluding hydrogens is 266 g/mol. The smallest absolute Gasteiger partial charge is 0.339 e. The highest BCUT2D eigenvalue weighted by Gasteiger charge is 2.16. The minimum Gasteiger partial charge on any atom is -0.478 e. The Balaban J connectivity index is 2.15. The average molecular weight is 277 g/mol. The van der Waals surface area contributed by atoms with Gasteiger partial charge in [0, 0.05) is 12.3 Å². The Hall–Kier alpha value is -2.90. The molecular formula is C12H11N3O5. The van der Waals surface area contributed by atoms with Crippen molar-refractivity contribution in [1.29, 1.82) is 0 Å². The van der Waals surface area contributed by atoms with E-state index in [2.05, 4.69) is 10.3 Å². The molecule has 2 aromatic rings. The van der Waals surface area contributed by atoms with E-state index in [1.807, 2.05) is 0 Å². The van der Waals surface area contributed by atoms with E-state index in [4.69, 9.17) is 9.52 Å². The van der Waals surface area contributed by atoms with E-state index >= 15 is 0 Å². The normalized spacial score (nSPS) is 10.2. The van der Waals surface area contributed by atoms with E-state index in [-0.39, 0.29) is 29.4 Å². The van der Waals surface area contributed by atoms with Crippen molar-refractivity contribution in [3.63, 3.8) is 0 Å². The van der Waals surface area contributed by atoms with Crippen LogP contribution in [0.4, 0.5) is 11.5 Å². The van der Waals surface area contributed by atoms with Crippen LogP contribution >= 0.6 is 0 Å². The number of hydrogen-bond acceptors (Lipinski definition) is 6. The Morgan fingerprint density at radius 2 is 2.35 bits per heavy atom. The maximum absolute atomic E-state index is 10.9. The van der Waals surface area contributed by atoms with Crippen molar-refractivity contribution in [2.24, 2.45) is 0 Å². The fraction of sp³-hybridized carbons (Fsp3) is 0.167. The first kappa shape index (κ1) is 13.5. The molecule has 0 bridgehead atoms. The van der Waals surface area contributed by atoms with Crippen LogP contribution in [0.5, 0.6) is 0 Å². The van der Waals surface area contributed by atoms with Gasteiger partial charge in [-0.1, -0.05) is 0 Å². The van der Waals surface area contributed by atoms with Crippen molar-refractivity contribution in [2.75, 3.05) is 5.32 Å². The third-order valence-electron chi connectivity index (χ3n) is 2.61. The zero-order valence-corrected chi connectivity index (χ0v) is 10.5. The molecule has 0 amide bonds. The molecule has 0 unspecified atom stereocenters. The largest absolute Gasteiger partial charge is 0.478 e. The molecule has 0 fully saturated rings. The molecule has 0 radical (unpaired) electrons. The number of furan rings is 1. The summed E-state index contributed by atoms with van der Waals surface area (Å²) in [6.45, 7) is 1.64. The second-order valence-corrected chi connectivity index (χ2v) is 3.97. The van der Waals surface area contributed by atoms with Gasteiger partial charge in [0.05, 0.1) is 11.5 Å². The highest BCUT2D eigenvalue weighted by Crippen LogP contribution is 2.22. The molecule has 8 heteroatoms. The summed E-state index contributed by atoms with van der Waals surface area (Å²) >= 11 is 0. The molecule has 20 heavy (non-hydrogen) atoms. The molecule has 2 heterocycles. The molecule has 104 valence electrons. The summed E-state index contributed by atoms with van der Waals surface area (Å²) in [5, 5.41) is 22.5. The van der Waals surface area contributed by atoms with Gasteiger partial charge in [-0.2, -0.15) is 0 Å². The summed E-state index contributed by atoms with van der Waals surface area (Å²) < 4.78 is 5.26. The first-order chi connectivity index (χ1) is 9.49. The summed E-state index contributed by atoms with van der Waals surface area (Å²) in [5.41, 5.74) is -0.0912. The van der Waals surface area contributed by atoms with Gasteiger partial charge in [-0.05, 0) is 19.1 Å². The number of nitrogens with one attached hydrogen (secondary N) is 1. The minimum absolute atomic E-state index is 0.0670. The first-order valence-electron chi connectivity index (χ1n) is 5.65. The van der Waals surface area contributed by atoms with Gasteiger partial charge in [-0.3, -0.25) is 10.1 Å². The molecule has 2 aromatic heterocycles. The molecule has 2 rings (SSSR count). The van der Waals surface area contributed by atoms with Crippen LogP contribution in [0.1, 0.15) is 21.9 Å². The number of hydrogen-bond donors (Lipinski definition) is 2. The number of aryl methyl sites for hydroxylation is 1. The van der Waals surface area contributed by atoms with Crippen LogP contribution in [0.25, 0.3) is 0 Å². The highest BCUT2D eigenvalue weighted by atomic mass is 16.6. The number of aromatic nitrogens is 1. The Morgan fingerprint density at radius 1 is 1.60 bits per heavy atom. The number of carboxylic acids is 1. The van der Waals surface area contributed by atoms with E-state index < -0.39 is 10.9 Å². The van der Waals surface area contributed by atoms with Crippen molar-refractivity contribution in [2.45, 2.75) is 13.5 Å². The maximum Gasteiger partial charge on any atom is 0.339 e. The van der Waals surface area contributed by atoms with Crippen LogP contribution in [0.2, 0.25) is 0 Å². The van der Waals surface area contributed by atoms with Crippen LogP contribution in [0, 0.1) is 17.0 Å². The lowest BCUT2D eigenvalue weighted by Gasteiger charge is -2.03. The maximum atomic E-state index is 10.9. The molecule has 0 saturated carbocycles. The molecule has 2 N–H and O–H groups in total. The zero-order valence-electron chi connectivity index (χ0n) is 10.5. The lowest BCUT2D eigenvalue weighted by atomic mass is 10.2. The summed E-state index contributed by atoms with van der Waals surface area (Å²) in [7, 11) is 0. The number of aromatic carboxylic acids is 1. The number of nitro groups is 1. The second-order valence-electron chi connectivity index (χ2n) is 3.97. The van der Waals surface area contributed by atoms with Crippen LogP contribution in [0.15, 0.2) is 28.8 Å². The quantitative estimate of drug-likeness (QED) is 0.635. The molecule has 0 aliphatic heterocycles. The number of nitrogens with zero attached hydrogens (tertiary/aromatic N) is 2. The lowest BCUT2D eigenvalue weighted by Crippen LogP contribution is -2.03. The molecule has 0 aromatic carbocycles. The summed E-state index contributed by atoms with van der Waals surface area (Å²) in [6.07, 6.45) is 1.42. The van der Waals surface area contributed by atoms with Crippen molar-refractivity contribution >= 4 is 17.5 Å². The van der Waals surface area contributed by atoms with Gasteiger partial charge in [-0.25, -0.2) is 9.78 Å². The summed E-state index contributed by atoms with van der Waals surface area (Å²) in [5.74, 6) is -0.339. The lowest BCUT2D eigenvalue weighted by molar-refractivity contribution is -0.384. The number of carboxylic acid groups (broad SMARTS) is 1. The van der Waals surface area contributed by atoms with E-state index in [0.717, 1.165) is 0 Å². The average Bonchev–Trinajstić information content (AvgIpc) is 2.78. The predicted molar refractivity (Wildman–Crippen MR) is 68.6 cm³/mol.